The molecule has 0 aromatic heterocycles. The number of amides is 3. The summed E-state index contributed by atoms with van der Waals surface area (Å²) in [6, 6.07) is -0.218. The quantitative estimate of drug-likeness (QED) is 0.658. The number of hydrogen-bond acceptors (Lipinski definition) is 3. The molecule has 7 nitrogen and oxygen atoms in total. The summed E-state index contributed by atoms with van der Waals surface area (Å²) in [6.07, 6.45) is 2.02. The molecule has 0 bridgehead atoms. The van der Waals surface area contributed by atoms with E-state index in [2.05, 4.69) is 10.6 Å². The lowest BCUT2D eigenvalue weighted by Crippen LogP contribution is -2.46. The first kappa shape index (κ1) is 16.3. The molecule has 3 amide bonds. The molecule has 1 saturated heterocycles. The molecule has 1 atom stereocenters. The van der Waals surface area contributed by atoms with Gasteiger partial charge in [-0.3, -0.25) is 9.59 Å². The van der Waals surface area contributed by atoms with Crippen LogP contribution in [-0.4, -0.2) is 54.1 Å². The Morgan fingerprint density at radius 2 is 2.05 bits per heavy atom. The van der Waals surface area contributed by atoms with Crippen molar-refractivity contribution in [1.82, 2.24) is 15.5 Å². The van der Waals surface area contributed by atoms with Crippen LogP contribution in [0.4, 0.5) is 4.79 Å². The summed E-state index contributed by atoms with van der Waals surface area (Å²) in [5.41, 5.74) is 0. The highest BCUT2D eigenvalue weighted by atomic mass is 16.4. The molecular weight excluding hydrogens is 262 g/mol. The van der Waals surface area contributed by atoms with Gasteiger partial charge >= 0.3 is 12.0 Å². The fourth-order valence-corrected chi connectivity index (χ4v) is 2.34. The lowest BCUT2D eigenvalue weighted by Gasteiger charge is -2.32. The van der Waals surface area contributed by atoms with Crippen LogP contribution in [0.15, 0.2) is 0 Å². The van der Waals surface area contributed by atoms with Crippen molar-refractivity contribution in [3.05, 3.63) is 0 Å². The third kappa shape index (κ3) is 5.90. The maximum atomic E-state index is 11.9. The van der Waals surface area contributed by atoms with Gasteiger partial charge in [0, 0.05) is 39.0 Å². The molecular formula is C13H23N3O4. The minimum atomic E-state index is -0.825. The highest BCUT2D eigenvalue weighted by molar-refractivity contribution is 5.78. The van der Waals surface area contributed by atoms with E-state index in [9.17, 15) is 14.4 Å². The summed E-state index contributed by atoms with van der Waals surface area (Å²) in [5, 5.41) is 14.1. The second-order valence-electron chi connectivity index (χ2n) is 4.99. The second kappa shape index (κ2) is 8.39. The van der Waals surface area contributed by atoms with Crippen molar-refractivity contribution in [2.45, 2.75) is 32.6 Å². The first-order valence-corrected chi connectivity index (χ1v) is 7.04. The molecule has 1 aliphatic heterocycles. The van der Waals surface area contributed by atoms with E-state index >= 15 is 0 Å². The Bertz CT molecular complexity index is 360. The summed E-state index contributed by atoms with van der Waals surface area (Å²) in [5.74, 6) is -0.890. The number of likely N-dealkylation sites (tertiary alicyclic amines) is 1. The molecule has 1 rings (SSSR count). The van der Waals surface area contributed by atoms with Gasteiger partial charge in [0.1, 0.15) is 0 Å². The standard InChI is InChI=1S/C13H23N3O4/c1-2-14-11(17)5-6-15-13(20)16-7-3-4-10(9-16)8-12(18)19/h10H,2-9H2,1H3,(H,14,17)(H,15,20)(H,18,19). The Labute approximate surface area is 118 Å². The van der Waals surface area contributed by atoms with Crippen LogP contribution in [0.1, 0.15) is 32.6 Å². The number of carboxylic acids is 1. The van der Waals surface area contributed by atoms with Crippen LogP contribution in [0.2, 0.25) is 0 Å². The number of aliphatic carboxylic acids is 1. The van der Waals surface area contributed by atoms with E-state index in [1.54, 1.807) is 4.90 Å². The minimum absolute atomic E-state index is 0.0235. The number of carboxylic acid groups (broad SMARTS) is 1. The topological polar surface area (TPSA) is 98.7 Å². The van der Waals surface area contributed by atoms with E-state index in [0.717, 1.165) is 12.8 Å². The Morgan fingerprint density at radius 3 is 2.70 bits per heavy atom. The molecule has 0 aromatic rings. The molecule has 0 aromatic carbocycles. The van der Waals surface area contributed by atoms with Crippen molar-refractivity contribution in [2.75, 3.05) is 26.2 Å². The molecule has 1 heterocycles. The number of rotatable bonds is 6. The zero-order valence-corrected chi connectivity index (χ0v) is 11.9. The van der Waals surface area contributed by atoms with Crippen LogP contribution >= 0.6 is 0 Å². The summed E-state index contributed by atoms with van der Waals surface area (Å²) >= 11 is 0. The highest BCUT2D eigenvalue weighted by Gasteiger charge is 2.24. The third-order valence-corrected chi connectivity index (χ3v) is 3.27. The Balaban J connectivity index is 2.28. The Morgan fingerprint density at radius 1 is 1.30 bits per heavy atom. The number of piperidine rings is 1. The Kier molecular flexibility index (Phi) is 6.83. The van der Waals surface area contributed by atoms with Crippen LogP contribution in [0.5, 0.6) is 0 Å². The molecule has 0 radical (unpaired) electrons. The molecule has 1 unspecified atom stereocenters. The van der Waals surface area contributed by atoms with Gasteiger partial charge in [0.25, 0.3) is 0 Å². The third-order valence-electron chi connectivity index (χ3n) is 3.27. The first-order valence-electron chi connectivity index (χ1n) is 7.04. The number of hydrogen-bond donors (Lipinski definition) is 3. The van der Waals surface area contributed by atoms with Crippen LogP contribution in [0.25, 0.3) is 0 Å². The average molecular weight is 285 g/mol. The molecule has 0 saturated carbocycles. The molecule has 1 aliphatic rings. The van der Waals surface area contributed by atoms with Crippen molar-refractivity contribution in [3.63, 3.8) is 0 Å². The first-order chi connectivity index (χ1) is 9.52. The maximum Gasteiger partial charge on any atom is 0.317 e. The fraction of sp³-hybridized carbons (Fsp3) is 0.769. The summed E-state index contributed by atoms with van der Waals surface area (Å²) < 4.78 is 0. The zero-order valence-electron chi connectivity index (χ0n) is 11.9. The summed E-state index contributed by atoms with van der Waals surface area (Å²) in [7, 11) is 0. The normalized spacial score (nSPS) is 18.4. The predicted octanol–water partition coefficient (Wildman–Crippen LogP) is 0.409. The fourth-order valence-electron chi connectivity index (χ4n) is 2.34. The SMILES string of the molecule is CCNC(=O)CCNC(=O)N1CCCC(CC(=O)O)C1. The van der Waals surface area contributed by atoms with Crippen molar-refractivity contribution < 1.29 is 19.5 Å². The monoisotopic (exact) mass is 285 g/mol. The van der Waals surface area contributed by atoms with Gasteiger partial charge in [0.2, 0.25) is 5.91 Å². The average Bonchev–Trinajstić information content (AvgIpc) is 2.38. The summed E-state index contributed by atoms with van der Waals surface area (Å²) in [4.78, 5) is 35.5. The van der Waals surface area contributed by atoms with E-state index in [1.807, 2.05) is 6.92 Å². The Hall–Kier alpha value is -1.79. The van der Waals surface area contributed by atoms with Crippen molar-refractivity contribution in [2.24, 2.45) is 5.92 Å². The lowest BCUT2D eigenvalue weighted by molar-refractivity contribution is -0.138. The maximum absolute atomic E-state index is 11.9. The molecule has 7 heteroatoms. The van der Waals surface area contributed by atoms with Crippen LogP contribution < -0.4 is 10.6 Å². The van der Waals surface area contributed by atoms with Crippen LogP contribution in [0, 0.1) is 5.92 Å². The minimum Gasteiger partial charge on any atom is -0.481 e. The van der Waals surface area contributed by atoms with Gasteiger partial charge in [-0.1, -0.05) is 0 Å². The van der Waals surface area contributed by atoms with E-state index in [0.29, 0.717) is 26.2 Å². The van der Waals surface area contributed by atoms with Crippen LogP contribution in [-0.2, 0) is 9.59 Å². The van der Waals surface area contributed by atoms with Gasteiger partial charge < -0.3 is 20.6 Å². The molecule has 20 heavy (non-hydrogen) atoms. The molecule has 1 fully saturated rings. The van der Waals surface area contributed by atoms with Gasteiger partial charge in [-0.2, -0.15) is 0 Å². The number of carbonyl (C=O) groups excluding carboxylic acids is 2. The number of urea groups is 1. The van der Waals surface area contributed by atoms with Gasteiger partial charge in [0.15, 0.2) is 0 Å². The van der Waals surface area contributed by atoms with E-state index in [4.69, 9.17) is 5.11 Å². The predicted molar refractivity (Wildman–Crippen MR) is 73.2 cm³/mol. The zero-order chi connectivity index (χ0) is 15.0. The second-order valence-corrected chi connectivity index (χ2v) is 4.99. The van der Waals surface area contributed by atoms with Crippen molar-refractivity contribution in [3.8, 4) is 0 Å². The van der Waals surface area contributed by atoms with E-state index in [1.165, 1.54) is 0 Å². The van der Waals surface area contributed by atoms with Crippen molar-refractivity contribution in [1.29, 1.82) is 0 Å². The van der Waals surface area contributed by atoms with Crippen molar-refractivity contribution >= 4 is 17.9 Å². The molecule has 0 spiro atoms. The molecule has 114 valence electrons. The van der Waals surface area contributed by atoms with E-state index < -0.39 is 5.97 Å². The van der Waals surface area contributed by atoms with Gasteiger partial charge in [0.05, 0.1) is 0 Å². The number of carbonyl (C=O) groups is 3. The van der Waals surface area contributed by atoms with Gasteiger partial charge in [-0.25, -0.2) is 4.79 Å². The molecule has 3 N–H and O–H groups in total. The van der Waals surface area contributed by atoms with E-state index in [-0.39, 0.29) is 30.7 Å². The van der Waals surface area contributed by atoms with Gasteiger partial charge in [-0.15, -0.1) is 0 Å². The van der Waals surface area contributed by atoms with Crippen LogP contribution in [0.3, 0.4) is 0 Å². The molecule has 0 aliphatic carbocycles. The number of nitrogens with zero attached hydrogens (tertiary/aromatic N) is 1. The number of nitrogens with one attached hydrogen (secondary N) is 2. The largest absolute Gasteiger partial charge is 0.481 e. The lowest BCUT2D eigenvalue weighted by atomic mass is 9.95. The van der Waals surface area contributed by atoms with Gasteiger partial charge in [-0.05, 0) is 25.7 Å². The smallest absolute Gasteiger partial charge is 0.317 e. The summed E-state index contributed by atoms with van der Waals surface area (Å²) in [6.45, 7) is 3.83. The highest BCUT2D eigenvalue weighted by Crippen LogP contribution is 2.19.